The van der Waals surface area contributed by atoms with Crippen LogP contribution in [0.25, 0.3) is 0 Å². The van der Waals surface area contributed by atoms with E-state index in [4.69, 9.17) is 5.73 Å². The van der Waals surface area contributed by atoms with Crippen LogP contribution in [0.4, 0.5) is 8.78 Å². The summed E-state index contributed by atoms with van der Waals surface area (Å²) in [5.41, 5.74) is 4.81. The van der Waals surface area contributed by atoms with Crippen LogP contribution in [0.1, 0.15) is 6.42 Å². The van der Waals surface area contributed by atoms with Gasteiger partial charge in [-0.3, -0.25) is 4.79 Å². The molecule has 0 aromatic carbocycles. The molecule has 0 aliphatic rings. The number of Topliss-reactive ketones (excluding diaryl/α,β-unsaturated/α-hetero) is 1. The maximum absolute atomic E-state index is 11.2. The lowest BCUT2D eigenvalue weighted by Gasteiger charge is -1.92. The van der Waals surface area contributed by atoms with Gasteiger partial charge in [-0.15, -0.1) is 0 Å². The minimum atomic E-state index is -2.85. The normalized spacial score (nSPS) is 10.0. The lowest BCUT2D eigenvalue weighted by atomic mass is 10.3. The molecule has 0 unspecified atom stereocenters. The second-order valence-corrected chi connectivity index (χ2v) is 1.31. The third kappa shape index (κ3) is 2.63. The van der Waals surface area contributed by atoms with Gasteiger partial charge in [0.25, 0.3) is 6.43 Å². The number of nitrogens with two attached hydrogens (primary N) is 1. The van der Waals surface area contributed by atoms with Crippen LogP contribution >= 0.6 is 0 Å². The van der Waals surface area contributed by atoms with Crippen molar-refractivity contribution < 1.29 is 13.6 Å². The summed E-state index contributed by atoms with van der Waals surface area (Å²) in [4.78, 5) is 9.91. The van der Waals surface area contributed by atoms with E-state index in [1.807, 2.05) is 0 Å². The predicted octanol–water partition coefficient (Wildman–Crippen LogP) is 0.169. The molecule has 0 aromatic heterocycles. The summed E-state index contributed by atoms with van der Waals surface area (Å²) >= 11 is 0. The van der Waals surface area contributed by atoms with Crippen LogP contribution in [0.5, 0.6) is 0 Å². The Morgan fingerprint density at radius 3 is 2.25 bits per heavy atom. The number of alkyl halides is 2. The lowest BCUT2D eigenvalue weighted by Crippen LogP contribution is -2.14. The fourth-order valence-corrected chi connectivity index (χ4v) is 0.251. The van der Waals surface area contributed by atoms with E-state index >= 15 is 0 Å². The van der Waals surface area contributed by atoms with Crippen molar-refractivity contribution in [2.24, 2.45) is 5.73 Å². The fraction of sp³-hybridized carbons (Fsp3) is 0.750. The molecule has 0 saturated carbocycles. The van der Waals surface area contributed by atoms with Gasteiger partial charge in [0.1, 0.15) is 0 Å². The average molecular weight is 123 g/mol. The van der Waals surface area contributed by atoms with Gasteiger partial charge in [-0.05, 0) is 6.54 Å². The Hall–Kier alpha value is -0.510. The summed E-state index contributed by atoms with van der Waals surface area (Å²) in [6.45, 7) is 0.00315. The summed E-state index contributed by atoms with van der Waals surface area (Å²) in [5.74, 6) is -1.08. The Kier molecular flexibility index (Phi) is 3.26. The van der Waals surface area contributed by atoms with Gasteiger partial charge in [-0.25, -0.2) is 8.78 Å². The van der Waals surface area contributed by atoms with E-state index in [0.717, 1.165) is 0 Å². The molecule has 0 heterocycles. The third-order valence-electron chi connectivity index (χ3n) is 0.634. The highest BCUT2D eigenvalue weighted by Gasteiger charge is 2.12. The lowest BCUT2D eigenvalue weighted by molar-refractivity contribution is -0.129. The van der Waals surface area contributed by atoms with Gasteiger partial charge in [-0.2, -0.15) is 0 Å². The van der Waals surface area contributed by atoms with Crippen molar-refractivity contribution in [2.75, 3.05) is 6.54 Å². The Morgan fingerprint density at radius 2 is 2.12 bits per heavy atom. The SMILES string of the molecule is NCCC(=O)C(F)F. The molecule has 0 bridgehead atoms. The zero-order valence-corrected chi connectivity index (χ0v) is 4.23. The van der Waals surface area contributed by atoms with Crippen LogP contribution in [0.3, 0.4) is 0 Å². The summed E-state index contributed by atoms with van der Waals surface area (Å²) in [6.07, 6.45) is -3.07. The zero-order chi connectivity index (χ0) is 6.57. The third-order valence-corrected chi connectivity index (χ3v) is 0.634. The molecule has 0 rings (SSSR count). The van der Waals surface area contributed by atoms with Gasteiger partial charge in [0, 0.05) is 6.42 Å². The van der Waals surface area contributed by atoms with Crippen LogP contribution in [0, 0.1) is 0 Å². The Labute approximate surface area is 45.7 Å². The van der Waals surface area contributed by atoms with Crippen LogP contribution in [-0.2, 0) is 4.79 Å². The first-order valence-corrected chi connectivity index (χ1v) is 2.19. The first-order valence-electron chi connectivity index (χ1n) is 2.19. The van der Waals surface area contributed by atoms with Gasteiger partial charge in [0.15, 0.2) is 5.78 Å². The molecule has 48 valence electrons. The molecule has 0 radical (unpaired) electrons. The van der Waals surface area contributed by atoms with E-state index in [0.29, 0.717) is 0 Å². The summed E-state index contributed by atoms with van der Waals surface area (Å²) in [6, 6.07) is 0. The summed E-state index contributed by atoms with van der Waals surface area (Å²) in [7, 11) is 0. The molecule has 2 nitrogen and oxygen atoms in total. The van der Waals surface area contributed by atoms with Crippen molar-refractivity contribution >= 4 is 5.78 Å². The number of carbonyl (C=O) groups excluding carboxylic acids is 1. The number of ketones is 1. The highest BCUT2D eigenvalue weighted by atomic mass is 19.3. The van der Waals surface area contributed by atoms with Crippen molar-refractivity contribution in [1.82, 2.24) is 0 Å². The Balaban J connectivity index is 3.33. The second kappa shape index (κ2) is 3.49. The average Bonchev–Trinajstić information content (AvgIpc) is 1.67. The zero-order valence-electron chi connectivity index (χ0n) is 4.23. The van der Waals surface area contributed by atoms with E-state index in [1.165, 1.54) is 0 Å². The van der Waals surface area contributed by atoms with Crippen LogP contribution < -0.4 is 5.73 Å². The molecule has 2 N–H and O–H groups in total. The van der Waals surface area contributed by atoms with E-state index in [-0.39, 0.29) is 13.0 Å². The molecule has 8 heavy (non-hydrogen) atoms. The van der Waals surface area contributed by atoms with Crippen molar-refractivity contribution in [3.05, 3.63) is 0 Å². The molecular weight excluding hydrogens is 116 g/mol. The van der Waals surface area contributed by atoms with Crippen molar-refractivity contribution in [2.45, 2.75) is 12.8 Å². The molecule has 0 aliphatic heterocycles. The van der Waals surface area contributed by atoms with Crippen LogP contribution in [0.2, 0.25) is 0 Å². The quantitative estimate of drug-likeness (QED) is 0.581. The molecule has 0 aliphatic carbocycles. The van der Waals surface area contributed by atoms with Crippen LogP contribution in [0.15, 0.2) is 0 Å². The Morgan fingerprint density at radius 1 is 1.62 bits per heavy atom. The van der Waals surface area contributed by atoms with Crippen molar-refractivity contribution in [1.29, 1.82) is 0 Å². The fourth-order valence-electron chi connectivity index (χ4n) is 0.251. The molecule has 4 heteroatoms. The predicted molar refractivity (Wildman–Crippen MR) is 24.7 cm³/mol. The van der Waals surface area contributed by atoms with E-state index < -0.39 is 12.2 Å². The first-order chi connectivity index (χ1) is 3.68. The Bertz CT molecular complexity index is 84.1. The van der Waals surface area contributed by atoms with Gasteiger partial charge >= 0.3 is 0 Å². The largest absolute Gasteiger partial charge is 0.330 e. The van der Waals surface area contributed by atoms with Crippen molar-refractivity contribution in [3.63, 3.8) is 0 Å². The van der Waals surface area contributed by atoms with Gasteiger partial charge in [-0.1, -0.05) is 0 Å². The minimum absolute atomic E-state index is 0.00315. The second-order valence-electron chi connectivity index (χ2n) is 1.31. The highest BCUT2D eigenvalue weighted by Crippen LogP contribution is 1.95. The highest BCUT2D eigenvalue weighted by molar-refractivity contribution is 5.81. The summed E-state index contributed by atoms with van der Waals surface area (Å²) < 4.78 is 22.4. The molecule has 0 spiro atoms. The van der Waals surface area contributed by atoms with Crippen LogP contribution in [-0.4, -0.2) is 18.8 Å². The van der Waals surface area contributed by atoms with Gasteiger partial charge < -0.3 is 5.73 Å². The molecule has 0 atom stereocenters. The van der Waals surface area contributed by atoms with E-state index in [9.17, 15) is 13.6 Å². The monoisotopic (exact) mass is 123 g/mol. The molecule has 0 saturated heterocycles. The molecular formula is C4H7F2NO. The summed E-state index contributed by atoms with van der Waals surface area (Å²) in [5, 5.41) is 0. The minimum Gasteiger partial charge on any atom is -0.330 e. The smallest absolute Gasteiger partial charge is 0.296 e. The van der Waals surface area contributed by atoms with E-state index in [1.54, 1.807) is 0 Å². The van der Waals surface area contributed by atoms with Gasteiger partial charge in [0.2, 0.25) is 0 Å². The number of halogens is 2. The standard InChI is InChI=1S/C4H7F2NO/c5-4(6)3(8)1-2-7/h4H,1-2,7H2. The van der Waals surface area contributed by atoms with Crippen molar-refractivity contribution in [3.8, 4) is 0 Å². The molecule has 0 amide bonds. The number of hydrogen-bond acceptors (Lipinski definition) is 2. The molecule has 0 aromatic rings. The van der Waals surface area contributed by atoms with E-state index in [2.05, 4.69) is 0 Å². The van der Waals surface area contributed by atoms with Gasteiger partial charge in [0.05, 0.1) is 0 Å². The topological polar surface area (TPSA) is 43.1 Å². The number of rotatable bonds is 3. The maximum atomic E-state index is 11.2. The first kappa shape index (κ1) is 7.49. The maximum Gasteiger partial charge on any atom is 0.296 e. The number of carbonyl (C=O) groups is 1. The number of hydrogen-bond donors (Lipinski definition) is 1. The molecule has 0 fully saturated rings.